The van der Waals surface area contributed by atoms with E-state index in [0.717, 1.165) is 5.75 Å². The van der Waals surface area contributed by atoms with Gasteiger partial charge < -0.3 is 26.4 Å². The number of nitrogens with one attached hydrogen (secondary N) is 1. The van der Waals surface area contributed by atoms with Gasteiger partial charge in [-0.25, -0.2) is 15.0 Å². The number of rotatable bonds is 8. The number of fused-ring (bicyclic) bond motifs is 1. The molecule has 0 spiro atoms. The molecule has 0 aliphatic carbocycles. The summed E-state index contributed by atoms with van der Waals surface area (Å²) < 4.78 is 1.66. The Morgan fingerprint density at radius 3 is 2.89 bits per heavy atom. The molecule has 0 radical (unpaired) electrons. The van der Waals surface area contributed by atoms with Crippen LogP contribution in [0.4, 0.5) is 5.82 Å². The van der Waals surface area contributed by atoms with Crippen LogP contribution in [0.5, 0.6) is 0 Å². The Labute approximate surface area is 164 Å². The van der Waals surface area contributed by atoms with Gasteiger partial charge in [0.15, 0.2) is 11.5 Å². The molecule has 1 aliphatic rings. The highest BCUT2D eigenvalue weighted by molar-refractivity contribution is 8.00. The molecule has 2 aromatic rings. The monoisotopic (exact) mass is 414 g/mol. The van der Waals surface area contributed by atoms with Crippen molar-refractivity contribution >= 4 is 46.5 Å². The summed E-state index contributed by atoms with van der Waals surface area (Å²) in [5, 5.41) is 32.3. The first kappa shape index (κ1) is 20.1. The van der Waals surface area contributed by atoms with E-state index in [2.05, 4.69) is 20.3 Å². The van der Waals surface area contributed by atoms with E-state index in [1.807, 2.05) is 6.26 Å². The van der Waals surface area contributed by atoms with Gasteiger partial charge in [0.25, 0.3) is 0 Å². The summed E-state index contributed by atoms with van der Waals surface area (Å²) in [6.45, 7) is 0.258. The van der Waals surface area contributed by atoms with Crippen molar-refractivity contribution in [3.63, 3.8) is 0 Å². The third kappa shape index (κ3) is 4.14. The normalized spacial score (nSPS) is 26.5. The Morgan fingerprint density at radius 2 is 2.19 bits per heavy atom. The quantitative estimate of drug-likeness (QED) is 0.380. The highest BCUT2D eigenvalue weighted by Gasteiger charge is 2.44. The summed E-state index contributed by atoms with van der Waals surface area (Å²) in [7, 11) is 0. The maximum absolute atomic E-state index is 11.4. The Kier molecular flexibility index (Phi) is 6.42. The fourth-order valence-electron chi connectivity index (χ4n) is 2.99. The summed E-state index contributed by atoms with van der Waals surface area (Å²) in [4.78, 5) is 23.6. The zero-order valence-electron chi connectivity index (χ0n) is 14.6. The topological polar surface area (TPSA) is 159 Å². The van der Waals surface area contributed by atoms with E-state index in [4.69, 9.17) is 5.73 Å². The molecule has 148 valence electrons. The van der Waals surface area contributed by atoms with Crippen LogP contribution >= 0.6 is 23.5 Å². The van der Waals surface area contributed by atoms with Crippen molar-refractivity contribution in [2.45, 2.75) is 35.3 Å². The molecule has 0 unspecified atom stereocenters. The molecule has 3 heterocycles. The van der Waals surface area contributed by atoms with E-state index in [-0.39, 0.29) is 17.6 Å². The highest BCUT2D eigenvalue weighted by atomic mass is 32.2. The number of carboxylic acid groups (broad SMARTS) is 1. The lowest BCUT2D eigenvalue weighted by Crippen LogP contribution is -2.43. The SMILES string of the molecule is CSCC[C@H](NC[C@H]1S[C@@H](n2cnc3c(N)ncnc32)[C@H](O)[C@@H]1O)C(=O)O. The zero-order chi connectivity index (χ0) is 19.6. The number of nitrogen functional groups attached to an aromatic ring is 1. The number of nitrogens with zero attached hydrogens (tertiary/aromatic N) is 4. The average Bonchev–Trinajstić information content (AvgIpc) is 3.18. The largest absolute Gasteiger partial charge is 0.480 e. The van der Waals surface area contributed by atoms with Gasteiger partial charge >= 0.3 is 5.97 Å². The zero-order valence-corrected chi connectivity index (χ0v) is 16.2. The third-order valence-corrected chi connectivity index (χ3v) is 6.70. The van der Waals surface area contributed by atoms with E-state index in [1.165, 1.54) is 24.4 Å². The predicted molar refractivity (Wildman–Crippen MR) is 105 cm³/mol. The smallest absolute Gasteiger partial charge is 0.320 e. The predicted octanol–water partition coefficient (Wildman–Crippen LogP) is -0.460. The van der Waals surface area contributed by atoms with Gasteiger partial charge in [-0.1, -0.05) is 0 Å². The standard InChI is InChI=1S/C15H22N6O4S2/c1-26-3-2-7(15(24)25)17-4-8-10(22)11(23)14(27-8)21-6-20-9-12(16)18-5-19-13(9)21/h5-8,10-11,14,17,22-23H,2-4H2,1H3,(H,24,25)(H2,16,18,19)/t7-,8+,10+,11+,14+/m0/s1. The van der Waals surface area contributed by atoms with Crippen LogP contribution in [0.15, 0.2) is 12.7 Å². The molecule has 1 aliphatic heterocycles. The minimum atomic E-state index is -1.05. The summed E-state index contributed by atoms with van der Waals surface area (Å²) in [5.41, 5.74) is 6.70. The molecule has 12 heteroatoms. The molecule has 5 atom stereocenters. The van der Waals surface area contributed by atoms with E-state index in [0.29, 0.717) is 17.6 Å². The number of carbonyl (C=O) groups is 1. The highest BCUT2D eigenvalue weighted by Crippen LogP contribution is 2.42. The lowest BCUT2D eigenvalue weighted by molar-refractivity contribution is -0.139. The Bertz CT molecular complexity index is 806. The van der Waals surface area contributed by atoms with Crippen LogP contribution < -0.4 is 11.1 Å². The second kappa shape index (κ2) is 8.61. The second-order valence-electron chi connectivity index (χ2n) is 6.21. The summed E-state index contributed by atoms with van der Waals surface area (Å²) in [6.07, 6.45) is 3.17. The summed E-state index contributed by atoms with van der Waals surface area (Å²) in [6, 6.07) is -0.692. The number of thioether (sulfide) groups is 2. The molecule has 10 nitrogen and oxygen atoms in total. The van der Waals surface area contributed by atoms with Crippen molar-refractivity contribution in [1.82, 2.24) is 24.8 Å². The molecule has 3 rings (SSSR count). The first-order valence-corrected chi connectivity index (χ1v) is 10.7. The van der Waals surface area contributed by atoms with Crippen molar-refractivity contribution < 1.29 is 20.1 Å². The number of nitrogens with two attached hydrogens (primary N) is 1. The van der Waals surface area contributed by atoms with E-state index < -0.39 is 29.6 Å². The second-order valence-corrected chi connectivity index (χ2v) is 8.56. The average molecular weight is 415 g/mol. The minimum absolute atomic E-state index is 0.244. The van der Waals surface area contributed by atoms with Gasteiger partial charge in [0.1, 0.15) is 29.4 Å². The van der Waals surface area contributed by atoms with Gasteiger partial charge in [-0.05, 0) is 18.4 Å². The first-order valence-electron chi connectivity index (χ1n) is 8.33. The van der Waals surface area contributed by atoms with Gasteiger partial charge in [-0.3, -0.25) is 9.36 Å². The van der Waals surface area contributed by atoms with Gasteiger partial charge in [-0.2, -0.15) is 11.8 Å². The van der Waals surface area contributed by atoms with Crippen LogP contribution in [-0.2, 0) is 4.79 Å². The number of carboxylic acids is 1. The molecule has 6 N–H and O–H groups in total. The van der Waals surface area contributed by atoms with Gasteiger partial charge in [0.2, 0.25) is 0 Å². The van der Waals surface area contributed by atoms with Gasteiger partial charge in [0.05, 0.1) is 12.4 Å². The fourth-order valence-corrected chi connectivity index (χ4v) is 4.94. The number of imidazole rings is 1. The number of aromatic nitrogens is 4. The Balaban J connectivity index is 1.71. The molecule has 1 fully saturated rings. The van der Waals surface area contributed by atoms with Crippen molar-refractivity contribution in [1.29, 1.82) is 0 Å². The molecule has 1 saturated heterocycles. The lowest BCUT2D eigenvalue weighted by atomic mass is 10.1. The molecule has 0 amide bonds. The summed E-state index contributed by atoms with van der Waals surface area (Å²) in [5.74, 6) is 0.0390. The molecule has 0 bridgehead atoms. The maximum atomic E-state index is 11.4. The molecular weight excluding hydrogens is 392 g/mol. The molecule has 2 aromatic heterocycles. The maximum Gasteiger partial charge on any atom is 0.320 e. The van der Waals surface area contributed by atoms with Crippen molar-refractivity contribution in [3.8, 4) is 0 Å². The van der Waals surface area contributed by atoms with E-state index >= 15 is 0 Å². The van der Waals surface area contributed by atoms with Crippen molar-refractivity contribution in [2.75, 3.05) is 24.3 Å². The Morgan fingerprint density at radius 1 is 1.41 bits per heavy atom. The summed E-state index contributed by atoms with van der Waals surface area (Å²) >= 11 is 2.92. The van der Waals surface area contributed by atoms with Crippen LogP contribution in [0.25, 0.3) is 11.2 Å². The van der Waals surface area contributed by atoms with Gasteiger partial charge in [0, 0.05) is 11.8 Å². The van der Waals surface area contributed by atoms with Gasteiger partial charge in [-0.15, -0.1) is 11.8 Å². The number of aliphatic hydroxyl groups is 2. The van der Waals surface area contributed by atoms with Crippen LogP contribution in [-0.4, -0.2) is 82.9 Å². The number of hydrogen-bond donors (Lipinski definition) is 5. The van der Waals surface area contributed by atoms with Crippen LogP contribution in [0.1, 0.15) is 11.8 Å². The molecule has 27 heavy (non-hydrogen) atoms. The Hall–Kier alpha value is -1.60. The lowest BCUT2D eigenvalue weighted by Gasteiger charge is -2.19. The number of aliphatic hydroxyl groups excluding tert-OH is 2. The molecular formula is C15H22N6O4S2. The molecule has 0 aromatic carbocycles. The van der Waals surface area contributed by atoms with E-state index in [1.54, 1.807) is 16.3 Å². The fraction of sp³-hybridized carbons (Fsp3) is 0.600. The number of aliphatic carboxylic acids is 1. The van der Waals surface area contributed by atoms with E-state index in [9.17, 15) is 20.1 Å². The first-order chi connectivity index (χ1) is 12.9. The number of hydrogen-bond acceptors (Lipinski definition) is 10. The van der Waals surface area contributed by atoms with Crippen molar-refractivity contribution in [2.24, 2.45) is 0 Å². The third-order valence-electron chi connectivity index (χ3n) is 4.47. The van der Waals surface area contributed by atoms with Crippen LogP contribution in [0, 0.1) is 0 Å². The van der Waals surface area contributed by atoms with Crippen LogP contribution in [0.2, 0.25) is 0 Å². The van der Waals surface area contributed by atoms with Crippen molar-refractivity contribution in [3.05, 3.63) is 12.7 Å². The van der Waals surface area contributed by atoms with Crippen LogP contribution in [0.3, 0.4) is 0 Å². The number of anilines is 1. The minimum Gasteiger partial charge on any atom is -0.480 e. The molecule has 0 saturated carbocycles.